The summed E-state index contributed by atoms with van der Waals surface area (Å²) in [7, 11) is 0. The molecule has 0 aromatic carbocycles. The summed E-state index contributed by atoms with van der Waals surface area (Å²) in [6.07, 6.45) is 29.3. The van der Waals surface area contributed by atoms with Crippen molar-refractivity contribution < 1.29 is 5.11 Å². The zero-order valence-electron chi connectivity index (χ0n) is 20.3. The van der Waals surface area contributed by atoms with E-state index in [1.54, 1.807) is 6.20 Å². The number of nitrogens with zero attached hydrogens (tertiary/aromatic N) is 1. The molecule has 0 saturated heterocycles. The summed E-state index contributed by atoms with van der Waals surface area (Å²) in [5.74, 6) is 0. The van der Waals surface area contributed by atoms with Crippen molar-refractivity contribution in [3.05, 3.63) is 30.1 Å². The average molecular weight is 418 g/mol. The Bertz CT molecular complexity index is 451. The Morgan fingerprint density at radius 3 is 1.40 bits per heavy atom. The van der Waals surface area contributed by atoms with Crippen LogP contribution in [0.3, 0.4) is 0 Å². The van der Waals surface area contributed by atoms with Gasteiger partial charge in [-0.3, -0.25) is 4.98 Å². The fourth-order valence-corrected chi connectivity index (χ4v) is 4.51. The fourth-order valence-electron chi connectivity index (χ4n) is 4.51. The molecule has 0 unspecified atom stereocenters. The van der Waals surface area contributed by atoms with E-state index in [2.05, 4.69) is 24.9 Å². The molecule has 2 heteroatoms. The van der Waals surface area contributed by atoms with Crippen molar-refractivity contribution in [3.8, 4) is 0 Å². The van der Waals surface area contributed by atoms with E-state index in [9.17, 15) is 5.11 Å². The average Bonchev–Trinajstić information content (AvgIpc) is 2.77. The number of aromatic nitrogens is 1. The Morgan fingerprint density at radius 2 is 1.03 bits per heavy atom. The molecule has 2 nitrogen and oxygen atoms in total. The first kappa shape index (κ1) is 27.1. The van der Waals surface area contributed by atoms with E-state index in [4.69, 9.17) is 0 Å². The summed E-state index contributed by atoms with van der Waals surface area (Å²) in [4.78, 5) is 4.28. The van der Waals surface area contributed by atoms with E-state index in [-0.39, 0.29) is 0 Å². The smallest absolute Gasteiger partial charge is 0.0911 e. The van der Waals surface area contributed by atoms with Crippen molar-refractivity contribution in [3.63, 3.8) is 0 Å². The highest BCUT2D eigenvalue weighted by Gasteiger charge is 2.28. The van der Waals surface area contributed by atoms with Gasteiger partial charge in [0.05, 0.1) is 5.60 Å². The van der Waals surface area contributed by atoms with Gasteiger partial charge >= 0.3 is 0 Å². The Kier molecular flexibility index (Phi) is 17.1. The minimum atomic E-state index is -0.684. The number of rotatable bonds is 21. The highest BCUT2D eigenvalue weighted by molar-refractivity contribution is 5.17. The van der Waals surface area contributed by atoms with Gasteiger partial charge in [-0.1, -0.05) is 135 Å². The molecule has 0 aliphatic rings. The van der Waals surface area contributed by atoms with Crippen LogP contribution >= 0.6 is 0 Å². The monoisotopic (exact) mass is 417 g/mol. The number of hydrogen-bond donors (Lipinski definition) is 1. The highest BCUT2D eigenvalue weighted by atomic mass is 16.3. The summed E-state index contributed by atoms with van der Waals surface area (Å²) < 4.78 is 0. The second-order valence-electron chi connectivity index (χ2n) is 9.43. The van der Waals surface area contributed by atoms with Gasteiger partial charge in [0.1, 0.15) is 0 Å². The Morgan fingerprint density at radius 1 is 0.633 bits per heavy atom. The van der Waals surface area contributed by atoms with Crippen LogP contribution in [0.1, 0.15) is 148 Å². The van der Waals surface area contributed by atoms with Crippen LogP contribution in [0.4, 0.5) is 0 Å². The van der Waals surface area contributed by atoms with Crippen LogP contribution in [0.15, 0.2) is 24.5 Å². The Balaban J connectivity index is 2.25. The molecule has 1 aromatic rings. The topological polar surface area (TPSA) is 33.1 Å². The Labute approximate surface area is 188 Å². The van der Waals surface area contributed by atoms with E-state index in [1.807, 2.05) is 12.3 Å². The van der Waals surface area contributed by atoms with E-state index in [0.717, 1.165) is 31.2 Å². The van der Waals surface area contributed by atoms with Crippen molar-refractivity contribution in [2.75, 3.05) is 0 Å². The molecule has 30 heavy (non-hydrogen) atoms. The van der Waals surface area contributed by atoms with E-state index < -0.39 is 5.60 Å². The number of aliphatic hydroxyl groups is 1. The first-order valence-corrected chi connectivity index (χ1v) is 13.4. The van der Waals surface area contributed by atoms with Crippen molar-refractivity contribution in [2.24, 2.45) is 0 Å². The molecular formula is C28H51NO. The van der Waals surface area contributed by atoms with Gasteiger partial charge in [-0.2, -0.15) is 0 Å². The fraction of sp³-hybridized carbons (Fsp3) is 0.821. The summed E-state index contributed by atoms with van der Waals surface area (Å²) in [5.41, 5.74) is 0.334. The summed E-state index contributed by atoms with van der Waals surface area (Å²) in [6, 6.07) is 4.03. The molecule has 1 rings (SSSR count). The molecule has 1 aromatic heterocycles. The van der Waals surface area contributed by atoms with Crippen LogP contribution in [-0.4, -0.2) is 10.1 Å². The van der Waals surface area contributed by atoms with E-state index in [0.29, 0.717) is 0 Å². The lowest BCUT2D eigenvalue weighted by Gasteiger charge is -2.29. The molecule has 0 aliphatic heterocycles. The van der Waals surface area contributed by atoms with Gasteiger partial charge in [-0.05, 0) is 18.9 Å². The normalized spacial score (nSPS) is 11.8. The summed E-state index contributed by atoms with van der Waals surface area (Å²) in [6.45, 7) is 4.55. The predicted molar refractivity (Wildman–Crippen MR) is 132 cm³/mol. The Hall–Kier alpha value is -0.890. The quantitative estimate of drug-likeness (QED) is 0.202. The number of pyridine rings is 1. The second-order valence-corrected chi connectivity index (χ2v) is 9.43. The molecule has 0 saturated carbocycles. The van der Waals surface area contributed by atoms with Crippen LogP contribution in [-0.2, 0) is 5.60 Å². The maximum Gasteiger partial charge on any atom is 0.0911 e. The zero-order valence-corrected chi connectivity index (χ0v) is 20.3. The number of hydrogen-bond acceptors (Lipinski definition) is 2. The second kappa shape index (κ2) is 18.8. The van der Waals surface area contributed by atoms with Crippen LogP contribution in [0, 0.1) is 0 Å². The molecule has 0 bridgehead atoms. The predicted octanol–water partition coefficient (Wildman–Crippen LogP) is 9.11. The van der Waals surface area contributed by atoms with Gasteiger partial charge in [0, 0.05) is 18.0 Å². The van der Waals surface area contributed by atoms with Crippen molar-refractivity contribution in [2.45, 2.75) is 148 Å². The first-order chi connectivity index (χ1) is 14.7. The molecule has 1 heterocycles. The molecule has 1 N–H and O–H groups in total. The standard InChI is InChI=1S/C28H51NO/c1-3-5-7-9-11-13-15-17-19-23-28(30,27-22-21-25-29-26-27)24-20-18-16-14-12-10-8-6-4-2/h21-22,25-26,30H,3-20,23-24H2,1-2H3. The van der Waals surface area contributed by atoms with Crippen LogP contribution in [0.5, 0.6) is 0 Å². The highest BCUT2D eigenvalue weighted by Crippen LogP contribution is 2.33. The van der Waals surface area contributed by atoms with Crippen molar-refractivity contribution >= 4 is 0 Å². The van der Waals surface area contributed by atoms with Crippen molar-refractivity contribution in [1.82, 2.24) is 4.98 Å². The molecule has 0 radical (unpaired) electrons. The third kappa shape index (κ3) is 13.4. The third-order valence-electron chi connectivity index (χ3n) is 6.59. The van der Waals surface area contributed by atoms with E-state index in [1.165, 1.54) is 103 Å². The molecule has 0 aliphatic carbocycles. The van der Waals surface area contributed by atoms with Crippen molar-refractivity contribution in [1.29, 1.82) is 0 Å². The largest absolute Gasteiger partial charge is 0.385 e. The van der Waals surface area contributed by atoms with Crippen LogP contribution in [0.25, 0.3) is 0 Å². The first-order valence-electron chi connectivity index (χ1n) is 13.4. The zero-order chi connectivity index (χ0) is 21.8. The summed E-state index contributed by atoms with van der Waals surface area (Å²) in [5, 5.41) is 11.4. The van der Waals surface area contributed by atoms with Gasteiger partial charge in [-0.15, -0.1) is 0 Å². The van der Waals surface area contributed by atoms with Crippen LogP contribution in [0.2, 0.25) is 0 Å². The van der Waals surface area contributed by atoms with Crippen LogP contribution < -0.4 is 0 Å². The van der Waals surface area contributed by atoms with E-state index >= 15 is 0 Å². The maximum absolute atomic E-state index is 11.4. The minimum absolute atomic E-state index is 0.684. The number of unbranched alkanes of at least 4 members (excludes halogenated alkanes) is 16. The molecule has 0 spiro atoms. The summed E-state index contributed by atoms with van der Waals surface area (Å²) >= 11 is 0. The van der Waals surface area contributed by atoms with Gasteiger partial charge in [0.15, 0.2) is 0 Å². The van der Waals surface area contributed by atoms with Gasteiger partial charge in [0.2, 0.25) is 0 Å². The molecule has 0 fully saturated rings. The maximum atomic E-state index is 11.4. The van der Waals surface area contributed by atoms with Gasteiger partial charge < -0.3 is 5.11 Å². The molecular weight excluding hydrogens is 366 g/mol. The minimum Gasteiger partial charge on any atom is -0.385 e. The molecule has 174 valence electrons. The SMILES string of the molecule is CCCCCCCCCCCC(O)(CCCCCCCCCCC)c1cccnc1. The molecule has 0 atom stereocenters. The lowest BCUT2D eigenvalue weighted by Crippen LogP contribution is -2.26. The van der Waals surface area contributed by atoms with Gasteiger partial charge in [0.25, 0.3) is 0 Å². The lowest BCUT2D eigenvalue weighted by molar-refractivity contribution is 0.0129. The lowest BCUT2D eigenvalue weighted by atomic mass is 9.84. The molecule has 0 amide bonds. The van der Waals surface area contributed by atoms with Gasteiger partial charge in [-0.25, -0.2) is 0 Å². The third-order valence-corrected chi connectivity index (χ3v) is 6.59.